The van der Waals surface area contributed by atoms with Gasteiger partial charge in [0.05, 0.1) is 11.8 Å². The number of hydrogen-bond donors (Lipinski definition) is 1. The van der Waals surface area contributed by atoms with Crippen LogP contribution in [-0.2, 0) is 6.54 Å². The number of aromatic nitrogens is 1. The van der Waals surface area contributed by atoms with Gasteiger partial charge in [0.2, 0.25) is 0 Å². The van der Waals surface area contributed by atoms with Crippen molar-refractivity contribution in [1.82, 2.24) is 4.57 Å². The minimum absolute atomic E-state index is 0.140. The summed E-state index contributed by atoms with van der Waals surface area (Å²) in [6.45, 7) is 6.72. The quantitative estimate of drug-likeness (QED) is 0.526. The zero-order valence-electron chi connectivity index (χ0n) is 15.7. The SMILES string of the molecule is Cc1ccc(Cn2c(C(=O)Nc3cc(C)cc(C)c3)cc3occc32)cc1. The van der Waals surface area contributed by atoms with Crippen molar-refractivity contribution in [3.63, 3.8) is 0 Å². The van der Waals surface area contributed by atoms with Crippen molar-refractivity contribution in [2.75, 3.05) is 5.32 Å². The number of carbonyl (C=O) groups is 1. The summed E-state index contributed by atoms with van der Waals surface area (Å²) in [5, 5.41) is 3.02. The predicted molar refractivity (Wildman–Crippen MR) is 108 cm³/mol. The molecule has 4 rings (SSSR count). The molecule has 1 amide bonds. The highest BCUT2D eigenvalue weighted by atomic mass is 16.3. The first-order valence-electron chi connectivity index (χ1n) is 9.01. The Kier molecular flexibility index (Phi) is 4.32. The van der Waals surface area contributed by atoms with Crippen LogP contribution in [0.15, 0.2) is 65.3 Å². The zero-order valence-corrected chi connectivity index (χ0v) is 15.7. The van der Waals surface area contributed by atoms with E-state index in [4.69, 9.17) is 4.42 Å². The number of aryl methyl sites for hydroxylation is 3. The van der Waals surface area contributed by atoms with E-state index in [1.807, 2.05) is 42.7 Å². The number of anilines is 1. The highest BCUT2D eigenvalue weighted by Gasteiger charge is 2.18. The third kappa shape index (κ3) is 3.51. The Balaban J connectivity index is 1.69. The highest BCUT2D eigenvalue weighted by molar-refractivity contribution is 6.06. The second-order valence-electron chi connectivity index (χ2n) is 7.10. The maximum Gasteiger partial charge on any atom is 0.272 e. The van der Waals surface area contributed by atoms with Gasteiger partial charge in [-0.15, -0.1) is 0 Å². The average molecular weight is 358 g/mol. The topological polar surface area (TPSA) is 47.2 Å². The van der Waals surface area contributed by atoms with E-state index in [9.17, 15) is 4.79 Å². The number of rotatable bonds is 4. The van der Waals surface area contributed by atoms with Gasteiger partial charge in [0, 0.05) is 24.4 Å². The minimum Gasteiger partial charge on any atom is -0.463 e. The monoisotopic (exact) mass is 358 g/mol. The summed E-state index contributed by atoms with van der Waals surface area (Å²) >= 11 is 0. The van der Waals surface area contributed by atoms with Gasteiger partial charge in [-0.25, -0.2) is 0 Å². The first-order valence-corrected chi connectivity index (χ1v) is 9.01. The van der Waals surface area contributed by atoms with Crippen molar-refractivity contribution in [1.29, 1.82) is 0 Å². The number of carbonyl (C=O) groups excluding carboxylic acids is 1. The number of fused-ring (bicyclic) bond motifs is 1. The molecule has 0 atom stereocenters. The fourth-order valence-electron chi connectivity index (χ4n) is 3.45. The lowest BCUT2D eigenvalue weighted by molar-refractivity contribution is 0.101. The average Bonchev–Trinajstić information content (AvgIpc) is 3.18. The number of benzene rings is 2. The van der Waals surface area contributed by atoms with E-state index in [0.29, 0.717) is 17.8 Å². The normalized spacial score (nSPS) is 11.1. The Hall–Kier alpha value is -3.27. The van der Waals surface area contributed by atoms with Gasteiger partial charge in [-0.1, -0.05) is 35.9 Å². The lowest BCUT2D eigenvalue weighted by Gasteiger charge is -2.12. The molecule has 2 aromatic carbocycles. The van der Waals surface area contributed by atoms with Crippen LogP contribution in [0.3, 0.4) is 0 Å². The number of nitrogens with one attached hydrogen (secondary N) is 1. The van der Waals surface area contributed by atoms with Gasteiger partial charge in [-0.2, -0.15) is 0 Å². The van der Waals surface area contributed by atoms with Crippen molar-refractivity contribution >= 4 is 22.7 Å². The molecule has 0 unspecified atom stereocenters. The Bertz CT molecular complexity index is 1100. The standard InChI is InChI=1S/C23H22N2O2/c1-15-4-6-18(7-5-15)14-25-20-8-9-27-22(20)13-21(25)23(26)24-19-11-16(2)10-17(3)12-19/h4-13H,14H2,1-3H3,(H,24,26). The summed E-state index contributed by atoms with van der Waals surface area (Å²) in [6, 6.07) is 18.1. The van der Waals surface area contributed by atoms with E-state index in [1.54, 1.807) is 6.26 Å². The van der Waals surface area contributed by atoms with Crippen LogP contribution in [0, 0.1) is 20.8 Å². The fourth-order valence-corrected chi connectivity index (χ4v) is 3.45. The Labute approximate surface area is 158 Å². The number of furan rings is 1. The maximum absolute atomic E-state index is 13.0. The highest BCUT2D eigenvalue weighted by Crippen LogP contribution is 2.24. The molecule has 2 aromatic heterocycles. The molecule has 0 aliphatic heterocycles. The van der Waals surface area contributed by atoms with Gasteiger partial charge in [-0.3, -0.25) is 4.79 Å². The van der Waals surface area contributed by atoms with Gasteiger partial charge in [0.15, 0.2) is 5.58 Å². The summed E-state index contributed by atoms with van der Waals surface area (Å²) in [5.41, 5.74) is 7.62. The third-order valence-corrected chi connectivity index (χ3v) is 4.70. The van der Waals surface area contributed by atoms with Crippen molar-refractivity contribution in [3.8, 4) is 0 Å². The van der Waals surface area contributed by atoms with E-state index in [2.05, 4.69) is 42.6 Å². The summed E-state index contributed by atoms with van der Waals surface area (Å²) in [7, 11) is 0. The zero-order chi connectivity index (χ0) is 19.0. The van der Waals surface area contributed by atoms with E-state index in [1.165, 1.54) is 5.56 Å². The fraction of sp³-hybridized carbons (Fsp3) is 0.174. The van der Waals surface area contributed by atoms with Gasteiger partial charge < -0.3 is 14.3 Å². The van der Waals surface area contributed by atoms with Crippen LogP contribution < -0.4 is 5.32 Å². The molecule has 0 spiro atoms. The van der Waals surface area contributed by atoms with Crippen LogP contribution in [0.5, 0.6) is 0 Å². The molecule has 0 fully saturated rings. The van der Waals surface area contributed by atoms with Crippen LogP contribution in [0.25, 0.3) is 11.1 Å². The molecule has 2 heterocycles. The van der Waals surface area contributed by atoms with E-state index >= 15 is 0 Å². The molecular weight excluding hydrogens is 336 g/mol. The largest absolute Gasteiger partial charge is 0.463 e. The molecule has 0 aliphatic rings. The summed E-state index contributed by atoms with van der Waals surface area (Å²) < 4.78 is 7.54. The molecule has 0 aliphatic carbocycles. The van der Waals surface area contributed by atoms with Gasteiger partial charge in [0.1, 0.15) is 5.69 Å². The molecular formula is C23H22N2O2. The molecule has 4 aromatic rings. The van der Waals surface area contributed by atoms with Crippen LogP contribution in [0.1, 0.15) is 32.7 Å². The Morgan fingerprint density at radius 3 is 2.33 bits per heavy atom. The van der Waals surface area contributed by atoms with Gasteiger partial charge in [0.25, 0.3) is 5.91 Å². The number of hydrogen-bond acceptors (Lipinski definition) is 2. The first-order chi connectivity index (χ1) is 13.0. The molecule has 1 N–H and O–H groups in total. The Morgan fingerprint density at radius 2 is 1.63 bits per heavy atom. The van der Waals surface area contributed by atoms with Crippen molar-refractivity contribution in [3.05, 3.63) is 88.8 Å². The second kappa shape index (κ2) is 6.80. The van der Waals surface area contributed by atoms with Crippen LogP contribution in [-0.4, -0.2) is 10.5 Å². The molecule has 27 heavy (non-hydrogen) atoms. The smallest absolute Gasteiger partial charge is 0.272 e. The van der Waals surface area contributed by atoms with E-state index < -0.39 is 0 Å². The van der Waals surface area contributed by atoms with Crippen molar-refractivity contribution in [2.24, 2.45) is 0 Å². The minimum atomic E-state index is -0.140. The molecule has 0 bridgehead atoms. The lowest BCUT2D eigenvalue weighted by Crippen LogP contribution is -2.17. The van der Waals surface area contributed by atoms with E-state index in [0.717, 1.165) is 27.9 Å². The van der Waals surface area contributed by atoms with Gasteiger partial charge >= 0.3 is 0 Å². The molecule has 136 valence electrons. The molecule has 4 nitrogen and oxygen atoms in total. The maximum atomic E-state index is 13.0. The molecule has 4 heteroatoms. The lowest BCUT2D eigenvalue weighted by atomic mass is 10.1. The van der Waals surface area contributed by atoms with Gasteiger partial charge in [-0.05, 0) is 49.6 Å². The summed E-state index contributed by atoms with van der Waals surface area (Å²) in [5.74, 6) is -0.140. The Morgan fingerprint density at radius 1 is 0.926 bits per heavy atom. The second-order valence-corrected chi connectivity index (χ2v) is 7.10. The van der Waals surface area contributed by atoms with Crippen LogP contribution in [0.2, 0.25) is 0 Å². The van der Waals surface area contributed by atoms with Crippen molar-refractivity contribution in [2.45, 2.75) is 27.3 Å². The van der Waals surface area contributed by atoms with Crippen LogP contribution >= 0.6 is 0 Å². The summed E-state index contributed by atoms with van der Waals surface area (Å²) in [4.78, 5) is 13.0. The van der Waals surface area contributed by atoms with E-state index in [-0.39, 0.29) is 5.91 Å². The molecule has 0 saturated heterocycles. The molecule has 0 radical (unpaired) electrons. The number of nitrogens with zero attached hydrogens (tertiary/aromatic N) is 1. The van der Waals surface area contributed by atoms with Crippen LogP contribution in [0.4, 0.5) is 5.69 Å². The first kappa shape index (κ1) is 17.2. The summed E-state index contributed by atoms with van der Waals surface area (Å²) in [6.07, 6.45) is 1.65. The predicted octanol–water partition coefficient (Wildman–Crippen LogP) is 5.46. The third-order valence-electron chi connectivity index (χ3n) is 4.70. The molecule has 0 saturated carbocycles. The van der Waals surface area contributed by atoms with Crippen molar-refractivity contribution < 1.29 is 9.21 Å². The number of amides is 1.